The Morgan fingerprint density at radius 2 is 1.80 bits per heavy atom. The Hall–Kier alpha value is -1.70. The van der Waals surface area contributed by atoms with Gasteiger partial charge in [-0.1, -0.05) is 58.0 Å². The molecule has 0 saturated carbocycles. The summed E-state index contributed by atoms with van der Waals surface area (Å²) in [7, 11) is 0. The van der Waals surface area contributed by atoms with Gasteiger partial charge in [-0.2, -0.15) is 10.2 Å². The van der Waals surface area contributed by atoms with Crippen molar-refractivity contribution < 1.29 is 0 Å². The molecule has 1 aliphatic rings. The van der Waals surface area contributed by atoms with E-state index in [0.717, 1.165) is 17.7 Å². The Morgan fingerprint density at radius 3 is 2.45 bits per heavy atom. The molecule has 2 heteroatoms. The van der Waals surface area contributed by atoms with E-state index < -0.39 is 0 Å². The van der Waals surface area contributed by atoms with Crippen LogP contribution in [0, 0.1) is 5.41 Å². The third-order valence-electron chi connectivity index (χ3n) is 5.13. The van der Waals surface area contributed by atoms with E-state index in [-0.39, 0.29) is 5.41 Å². The summed E-state index contributed by atoms with van der Waals surface area (Å²) >= 11 is 0. The number of aromatic nitrogens is 2. The summed E-state index contributed by atoms with van der Waals surface area (Å²) < 4.78 is 0. The number of rotatable bonds is 2. The first kappa shape index (κ1) is 13.3. The van der Waals surface area contributed by atoms with Crippen molar-refractivity contribution in [3.05, 3.63) is 47.7 Å². The quantitative estimate of drug-likeness (QED) is 0.781. The van der Waals surface area contributed by atoms with Gasteiger partial charge in [0.15, 0.2) is 0 Å². The lowest BCUT2D eigenvalue weighted by molar-refractivity contribution is 0.259. The average Bonchev–Trinajstić information content (AvgIpc) is 2.66. The smallest absolute Gasteiger partial charge is 0.0932 e. The summed E-state index contributed by atoms with van der Waals surface area (Å²) in [6, 6.07) is 12.6. The molecule has 0 N–H and O–H groups in total. The molecule has 0 radical (unpaired) electrons. The highest BCUT2D eigenvalue weighted by Gasteiger charge is 2.45. The summed E-state index contributed by atoms with van der Waals surface area (Å²) in [5, 5.41) is 9.02. The van der Waals surface area contributed by atoms with Crippen LogP contribution in [0.15, 0.2) is 36.4 Å². The monoisotopic (exact) mass is 266 g/mol. The van der Waals surface area contributed by atoms with Gasteiger partial charge in [0.1, 0.15) is 0 Å². The molecule has 2 aromatic rings. The van der Waals surface area contributed by atoms with Crippen LogP contribution in [0.4, 0.5) is 0 Å². The van der Waals surface area contributed by atoms with E-state index in [1.807, 2.05) is 18.2 Å². The lowest BCUT2D eigenvalue weighted by Gasteiger charge is -2.30. The van der Waals surface area contributed by atoms with E-state index in [1.165, 1.54) is 11.3 Å². The van der Waals surface area contributed by atoms with Crippen molar-refractivity contribution in [2.45, 2.75) is 46.0 Å². The molecule has 0 spiro atoms. The minimum absolute atomic E-state index is 0.265. The first-order valence-electron chi connectivity index (χ1n) is 7.48. The van der Waals surface area contributed by atoms with Gasteiger partial charge in [-0.25, -0.2) is 0 Å². The Bertz CT molecular complexity index is 617. The molecule has 1 aliphatic carbocycles. The molecule has 1 aromatic carbocycles. The standard InChI is InChI=1S/C18H22N2/c1-5-15-14-11-16(13-9-7-6-8-10-13)19-20-17(14)12(2)18(15,3)4/h6-12,15H,5H2,1-4H3. The molecule has 2 unspecified atom stereocenters. The highest BCUT2D eigenvalue weighted by molar-refractivity contribution is 5.60. The van der Waals surface area contributed by atoms with E-state index in [1.54, 1.807) is 0 Å². The zero-order valence-electron chi connectivity index (χ0n) is 12.7. The molecule has 2 atom stereocenters. The maximum Gasteiger partial charge on any atom is 0.0932 e. The normalized spacial score (nSPS) is 23.6. The number of fused-ring (bicyclic) bond motifs is 1. The second kappa shape index (κ2) is 4.69. The number of hydrogen-bond donors (Lipinski definition) is 0. The first-order valence-corrected chi connectivity index (χ1v) is 7.48. The third kappa shape index (κ3) is 1.86. The highest BCUT2D eigenvalue weighted by Crippen LogP contribution is 2.55. The molecule has 0 amide bonds. The Labute approximate surface area is 121 Å². The van der Waals surface area contributed by atoms with Gasteiger partial charge in [0.05, 0.1) is 11.4 Å². The van der Waals surface area contributed by atoms with Crippen LogP contribution < -0.4 is 0 Å². The van der Waals surface area contributed by atoms with E-state index in [2.05, 4.69) is 56.1 Å². The molecule has 0 aliphatic heterocycles. The van der Waals surface area contributed by atoms with Gasteiger partial charge < -0.3 is 0 Å². The van der Waals surface area contributed by atoms with Crippen LogP contribution in [0.2, 0.25) is 0 Å². The van der Waals surface area contributed by atoms with Crippen molar-refractivity contribution in [1.29, 1.82) is 0 Å². The van der Waals surface area contributed by atoms with E-state index >= 15 is 0 Å². The maximum absolute atomic E-state index is 4.56. The molecule has 2 nitrogen and oxygen atoms in total. The van der Waals surface area contributed by atoms with Crippen LogP contribution in [-0.4, -0.2) is 10.2 Å². The molecular weight excluding hydrogens is 244 g/mol. The fourth-order valence-electron chi connectivity index (χ4n) is 3.58. The third-order valence-corrected chi connectivity index (χ3v) is 5.13. The Kier molecular flexibility index (Phi) is 3.12. The lowest BCUT2D eigenvalue weighted by atomic mass is 9.73. The summed E-state index contributed by atoms with van der Waals surface area (Å²) in [6.45, 7) is 9.27. The van der Waals surface area contributed by atoms with Crippen LogP contribution in [-0.2, 0) is 0 Å². The topological polar surface area (TPSA) is 25.8 Å². The second-order valence-electron chi connectivity index (χ2n) is 6.44. The van der Waals surface area contributed by atoms with Gasteiger partial charge in [0, 0.05) is 11.5 Å². The molecule has 0 fully saturated rings. The van der Waals surface area contributed by atoms with Gasteiger partial charge in [-0.15, -0.1) is 0 Å². The summed E-state index contributed by atoms with van der Waals surface area (Å²) in [5.74, 6) is 1.05. The van der Waals surface area contributed by atoms with Crippen molar-refractivity contribution in [1.82, 2.24) is 10.2 Å². The largest absolute Gasteiger partial charge is 0.154 e. The van der Waals surface area contributed by atoms with Crippen LogP contribution >= 0.6 is 0 Å². The van der Waals surface area contributed by atoms with Crippen LogP contribution in [0.3, 0.4) is 0 Å². The van der Waals surface area contributed by atoms with Crippen molar-refractivity contribution in [3.8, 4) is 11.3 Å². The molecule has 1 aromatic heterocycles. The van der Waals surface area contributed by atoms with Crippen LogP contribution in [0.1, 0.15) is 57.2 Å². The molecule has 0 bridgehead atoms. The summed E-state index contributed by atoms with van der Waals surface area (Å²) in [6.07, 6.45) is 1.16. The summed E-state index contributed by atoms with van der Waals surface area (Å²) in [4.78, 5) is 0. The van der Waals surface area contributed by atoms with Gasteiger partial charge in [-0.3, -0.25) is 0 Å². The fourth-order valence-corrected chi connectivity index (χ4v) is 3.58. The van der Waals surface area contributed by atoms with Gasteiger partial charge in [-0.05, 0) is 29.4 Å². The highest BCUT2D eigenvalue weighted by atomic mass is 15.1. The molecule has 3 rings (SSSR count). The van der Waals surface area contributed by atoms with Gasteiger partial charge in [0.2, 0.25) is 0 Å². The van der Waals surface area contributed by atoms with Crippen LogP contribution in [0.25, 0.3) is 11.3 Å². The number of nitrogens with zero attached hydrogens (tertiary/aromatic N) is 2. The van der Waals surface area contributed by atoms with E-state index in [0.29, 0.717) is 11.8 Å². The predicted octanol–water partition coefficient (Wildman–Crippen LogP) is 4.78. The number of benzene rings is 1. The van der Waals surface area contributed by atoms with Gasteiger partial charge >= 0.3 is 0 Å². The molecule has 104 valence electrons. The zero-order valence-corrected chi connectivity index (χ0v) is 12.7. The summed E-state index contributed by atoms with van der Waals surface area (Å²) in [5.41, 5.74) is 5.00. The Balaban J connectivity index is 2.11. The predicted molar refractivity (Wildman–Crippen MR) is 82.7 cm³/mol. The van der Waals surface area contributed by atoms with E-state index in [4.69, 9.17) is 0 Å². The second-order valence-corrected chi connectivity index (χ2v) is 6.44. The Morgan fingerprint density at radius 1 is 1.10 bits per heavy atom. The van der Waals surface area contributed by atoms with E-state index in [9.17, 15) is 0 Å². The van der Waals surface area contributed by atoms with Crippen molar-refractivity contribution in [2.75, 3.05) is 0 Å². The van der Waals surface area contributed by atoms with Crippen LogP contribution in [0.5, 0.6) is 0 Å². The molecule has 20 heavy (non-hydrogen) atoms. The van der Waals surface area contributed by atoms with Crippen molar-refractivity contribution >= 4 is 0 Å². The molecular formula is C18H22N2. The zero-order chi connectivity index (χ0) is 14.3. The first-order chi connectivity index (χ1) is 9.55. The van der Waals surface area contributed by atoms with Crippen molar-refractivity contribution in [2.24, 2.45) is 5.41 Å². The average molecular weight is 266 g/mol. The molecule has 0 saturated heterocycles. The van der Waals surface area contributed by atoms with Gasteiger partial charge in [0.25, 0.3) is 0 Å². The maximum atomic E-state index is 4.56. The SMILES string of the molecule is CCC1c2cc(-c3ccccc3)nnc2C(C)C1(C)C. The minimum atomic E-state index is 0.265. The van der Waals surface area contributed by atoms with Crippen molar-refractivity contribution in [3.63, 3.8) is 0 Å². The molecule has 1 heterocycles. The minimum Gasteiger partial charge on any atom is -0.154 e. The lowest BCUT2D eigenvalue weighted by Crippen LogP contribution is -2.20. The fraction of sp³-hybridized carbons (Fsp3) is 0.444. The number of hydrogen-bond acceptors (Lipinski definition) is 2.